The first-order valence-corrected chi connectivity index (χ1v) is 12.9. The number of halogens is 2. The van der Waals surface area contributed by atoms with E-state index in [4.69, 9.17) is 27.9 Å². The predicted molar refractivity (Wildman–Crippen MR) is 130 cm³/mol. The van der Waals surface area contributed by atoms with Crippen LogP contribution in [0.5, 0.6) is 0 Å². The van der Waals surface area contributed by atoms with E-state index in [-0.39, 0.29) is 29.8 Å². The molecule has 1 saturated carbocycles. The van der Waals surface area contributed by atoms with Crippen LogP contribution in [0.2, 0.25) is 10.0 Å². The third-order valence-corrected chi connectivity index (χ3v) is 8.70. The Morgan fingerprint density at radius 1 is 1.20 bits per heavy atom. The number of hydrogen-bond acceptors (Lipinski definition) is 5. The zero-order valence-corrected chi connectivity index (χ0v) is 21.1. The van der Waals surface area contributed by atoms with Gasteiger partial charge in [-0.3, -0.25) is 9.59 Å². The maximum atomic E-state index is 13.2. The maximum absolute atomic E-state index is 13.2. The van der Waals surface area contributed by atoms with E-state index in [2.05, 4.69) is 5.32 Å². The number of piperidine rings is 1. The van der Waals surface area contributed by atoms with Crippen LogP contribution in [0.25, 0.3) is 0 Å². The molecule has 1 aromatic rings. The summed E-state index contributed by atoms with van der Waals surface area (Å²) in [6.07, 6.45) is 2.75. The highest BCUT2D eigenvalue weighted by Gasteiger charge is 2.52. The number of carbonyl (C=O) groups is 3. The van der Waals surface area contributed by atoms with Gasteiger partial charge in [0.1, 0.15) is 6.04 Å². The first-order valence-electron chi connectivity index (χ1n) is 12.1. The van der Waals surface area contributed by atoms with Crippen molar-refractivity contribution >= 4 is 46.7 Å². The Morgan fingerprint density at radius 3 is 2.66 bits per heavy atom. The second kappa shape index (κ2) is 9.42. The van der Waals surface area contributed by atoms with Crippen molar-refractivity contribution in [1.29, 1.82) is 0 Å². The summed E-state index contributed by atoms with van der Waals surface area (Å²) < 4.78 is 5.86. The van der Waals surface area contributed by atoms with Gasteiger partial charge in [-0.25, -0.2) is 4.79 Å². The molecule has 4 amide bonds. The summed E-state index contributed by atoms with van der Waals surface area (Å²) in [7, 11) is 0. The minimum absolute atomic E-state index is 0.00290. The lowest BCUT2D eigenvalue weighted by Gasteiger charge is -2.42. The average molecular weight is 525 g/mol. The van der Waals surface area contributed by atoms with Crippen LogP contribution in [0.4, 0.5) is 10.5 Å². The molecule has 0 unspecified atom stereocenters. The van der Waals surface area contributed by atoms with Crippen molar-refractivity contribution in [3.8, 4) is 0 Å². The van der Waals surface area contributed by atoms with Gasteiger partial charge in [-0.05, 0) is 56.2 Å². The molecule has 5 rings (SSSR count). The van der Waals surface area contributed by atoms with Crippen LogP contribution in [-0.2, 0) is 14.3 Å². The molecule has 1 aromatic carbocycles. The van der Waals surface area contributed by atoms with Gasteiger partial charge in [0.2, 0.25) is 11.8 Å². The fourth-order valence-electron chi connectivity index (χ4n) is 5.44. The van der Waals surface area contributed by atoms with Crippen molar-refractivity contribution < 1.29 is 24.2 Å². The number of hydrogen-bond donors (Lipinski definition) is 2. The standard InChI is InChI=1S/C24H30Cl2N4O5/c1-14-22(33)30-16(3-5-20(32)28-9-8-24(6-7-24)19(31)11-28)13-35-21(30)12-29(14)23(34)27-15-2-4-17(25)18(26)10-15/h2,4,10,14,16,19,21,31H,3,5-9,11-13H2,1H3,(H,27,34)/t14-,16-,19+,21-/m0/s1. The predicted octanol–water partition coefficient (Wildman–Crippen LogP) is 2.94. The van der Waals surface area contributed by atoms with Crippen LogP contribution in [-0.4, -0.2) is 88.3 Å². The third kappa shape index (κ3) is 4.71. The Morgan fingerprint density at radius 2 is 1.97 bits per heavy atom. The Kier molecular flexibility index (Phi) is 6.63. The van der Waals surface area contributed by atoms with E-state index >= 15 is 0 Å². The van der Waals surface area contributed by atoms with Gasteiger partial charge < -0.3 is 29.9 Å². The highest BCUT2D eigenvalue weighted by molar-refractivity contribution is 6.42. The minimum Gasteiger partial charge on any atom is -0.391 e. The summed E-state index contributed by atoms with van der Waals surface area (Å²) in [6.45, 7) is 3.32. The SMILES string of the molecule is C[C@H]1C(=O)N2[C@@H](CCC(=O)N3CCC4(CC4)[C@H](O)C3)CO[C@H]2CN1C(=O)Nc1ccc(Cl)c(Cl)c1. The molecule has 4 aliphatic rings. The number of nitrogens with zero attached hydrogens (tertiary/aromatic N) is 3. The van der Waals surface area contributed by atoms with Crippen LogP contribution >= 0.6 is 23.2 Å². The molecule has 0 aromatic heterocycles. The van der Waals surface area contributed by atoms with Crippen LogP contribution < -0.4 is 5.32 Å². The largest absolute Gasteiger partial charge is 0.391 e. The topological polar surface area (TPSA) is 102 Å². The lowest BCUT2D eigenvalue weighted by atomic mass is 9.90. The van der Waals surface area contributed by atoms with Crippen molar-refractivity contribution in [2.75, 3.05) is 31.6 Å². The number of nitrogens with one attached hydrogen (secondary N) is 1. The Hall–Kier alpha value is -2.07. The number of β-amino-alcohol motifs (C(OH)–C–C–N with tert-alkyl or cyclic N) is 1. The third-order valence-electron chi connectivity index (χ3n) is 7.96. The van der Waals surface area contributed by atoms with Crippen LogP contribution in [0.3, 0.4) is 0 Å². The molecular formula is C24H30Cl2N4O5. The number of benzene rings is 1. The molecule has 1 aliphatic carbocycles. The van der Waals surface area contributed by atoms with Gasteiger partial charge in [-0.1, -0.05) is 23.2 Å². The van der Waals surface area contributed by atoms with Crippen LogP contribution in [0.1, 0.15) is 39.0 Å². The maximum Gasteiger partial charge on any atom is 0.322 e. The molecule has 9 nitrogen and oxygen atoms in total. The van der Waals surface area contributed by atoms with Gasteiger partial charge in [0.05, 0.1) is 35.3 Å². The second-order valence-electron chi connectivity index (χ2n) is 10.1. The smallest absolute Gasteiger partial charge is 0.322 e. The van der Waals surface area contributed by atoms with Gasteiger partial charge in [-0.15, -0.1) is 0 Å². The molecule has 3 heterocycles. The molecule has 3 aliphatic heterocycles. The Labute approximate surface area is 214 Å². The lowest BCUT2D eigenvalue weighted by molar-refractivity contribution is -0.150. The Balaban J connectivity index is 1.16. The summed E-state index contributed by atoms with van der Waals surface area (Å²) in [6, 6.07) is 3.45. The number of aliphatic hydroxyl groups is 1. The summed E-state index contributed by atoms with van der Waals surface area (Å²) in [5.74, 6) is -0.201. The van der Waals surface area contributed by atoms with Crippen molar-refractivity contribution in [2.24, 2.45) is 5.41 Å². The number of fused-ring (bicyclic) bond motifs is 1. The number of rotatable bonds is 4. The van der Waals surface area contributed by atoms with Gasteiger partial charge in [0, 0.05) is 25.2 Å². The van der Waals surface area contributed by atoms with Crippen molar-refractivity contribution in [2.45, 2.75) is 63.4 Å². The zero-order chi connectivity index (χ0) is 24.9. The molecule has 0 radical (unpaired) electrons. The number of aliphatic hydroxyl groups excluding tert-OH is 1. The number of amides is 4. The fourth-order valence-corrected chi connectivity index (χ4v) is 5.74. The molecule has 4 atom stereocenters. The minimum atomic E-state index is -0.680. The van der Waals surface area contributed by atoms with E-state index in [0.717, 1.165) is 19.3 Å². The second-order valence-corrected chi connectivity index (χ2v) is 10.9. The molecule has 0 bridgehead atoms. The summed E-state index contributed by atoms with van der Waals surface area (Å²) in [4.78, 5) is 43.8. The fraction of sp³-hybridized carbons (Fsp3) is 0.625. The van der Waals surface area contributed by atoms with E-state index in [1.54, 1.807) is 34.9 Å². The highest BCUT2D eigenvalue weighted by atomic mass is 35.5. The normalized spacial score (nSPS) is 29.4. The van der Waals surface area contributed by atoms with Crippen LogP contribution in [0, 0.1) is 5.41 Å². The highest BCUT2D eigenvalue weighted by Crippen LogP contribution is 2.53. The van der Waals surface area contributed by atoms with Gasteiger partial charge in [0.25, 0.3) is 0 Å². The first kappa shape index (κ1) is 24.6. The van der Waals surface area contributed by atoms with E-state index in [1.165, 1.54) is 4.90 Å². The van der Waals surface area contributed by atoms with Gasteiger partial charge in [0.15, 0.2) is 6.23 Å². The average Bonchev–Trinajstić information content (AvgIpc) is 3.50. The molecule has 190 valence electrons. The van der Waals surface area contributed by atoms with Crippen molar-refractivity contribution in [1.82, 2.24) is 14.7 Å². The van der Waals surface area contributed by atoms with E-state index in [0.29, 0.717) is 48.3 Å². The number of ether oxygens (including phenoxy) is 1. The number of likely N-dealkylation sites (tertiary alicyclic amines) is 1. The summed E-state index contributed by atoms with van der Waals surface area (Å²) >= 11 is 12.0. The molecule has 11 heteroatoms. The number of piperazine rings is 1. The number of urea groups is 1. The number of carbonyl (C=O) groups excluding carboxylic acids is 3. The van der Waals surface area contributed by atoms with Gasteiger partial charge >= 0.3 is 6.03 Å². The monoisotopic (exact) mass is 524 g/mol. The molecule has 3 saturated heterocycles. The quantitative estimate of drug-likeness (QED) is 0.630. The van der Waals surface area contributed by atoms with Crippen molar-refractivity contribution in [3.05, 3.63) is 28.2 Å². The molecule has 1 spiro atoms. The molecule has 4 fully saturated rings. The van der Waals surface area contributed by atoms with E-state index in [9.17, 15) is 19.5 Å². The van der Waals surface area contributed by atoms with E-state index < -0.39 is 24.4 Å². The zero-order valence-electron chi connectivity index (χ0n) is 19.6. The molecule has 2 N–H and O–H groups in total. The summed E-state index contributed by atoms with van der Waals surface area (Å²) in [5.41, 5.74) is 0.531. The summed E-state index contributed by atoms with van der Waals surface area (Å²) in [5, 5.41) is 13.9. The van der Waals surface area contributed by atoms with Crippen molar-refractivity contribution in [3.63, 3.8) is 0 Å². The molecule has 35 heavy (non-hydrogen) atoms. The molecular weight excluding hydrogens is 495 g/mol. The Bertz CT molecular complexity index is 1040. The van der Waals surface area contributed by atoms with E-state index in [1.807, 2.05) is 0 Å². The number of anilines is 1. The van der Waals surface area contributed by atoms with Gasteiger partial charge in [-0.2, -0.15) is 0 Å². The van der Waals surface area contributed by atoms with Crippen LogP contribution in [0.15, 0.2) is 18.2 Å². The first-order chi connectivity index (χ1) is 16.7. The lowest BCUT2D eigenvalue weighted by Crippen LogP contribution is -2.62.